The van der Waals surface area contributed by atoms with Crippen LogP contribution in [0.15, 0.2) is 35.6 Å². The number of hydrogen-bond donors (Lipinski definition) is 3. The predicted octanol–water partition coefficient (Wildman–Crippen LogP) is -0.780. The topological polar surface area (TPSA) is 119 Å². The summed E-state index contributed by atoms with van der Waals surface area (Å²) in [5.74, 6) is 0.343. The Morgan fingerprint density at radius 1 is 1.45 bits per heavy atom. The lowest BCUT2D eigenvalue weighted by Crippen LogP contribution is -2.39. The summed E-state index contributed by atoms with van der Waals surface area (Å²) in [6.45, 7) is 1.70. The average Bonchev–Trinajstić information content (AvgIpc) is 2.89. The molecule has 3 rings (SSSR count). The summed E-state index contributed by atoms with van der Waals surface area (Å²) in [6.07, 6.45) is 6.84. The standard InChI is InChI=1S/C11H14N6O2S/c1-7-9(4-5-17(7)20(13,18)19)8-2-3-10-14-11(12)15-16(10)6-8/h2-6,10H,1H3,(H3,12,14,15)(H2,13,18,19). The van der Waals surface area contributed by atoms with Gasteiger partial charge in [-0.05, 0) is 19.1 Å². The summed E-state index contributed by atoms with van der Waals surface area (Å²) >= 11 is 0. The van der Waals surface area contributed by atoms with Crippen molar-refractivity contribution in [3.8, 4) is 0 Å². The van der Waals surface area contributed by atoms with Gasteiger partial charge in [0, 0.05) is 29.2 Å². The SMILES string of the molecule is Cc1c(C2=CN3NC(N)=NC3C=C2)ccn1S(N)(=O)=O. The van der Waals surface area contributed by atoms with Gasteiger partial charge in [0.1, 0.15) is 0 Å². The summed E-state index contributed by atoms with van der Waals surface area (Å²) in [6, 6.07) is 1.70. The Hall–Kier alpha value is -2.26. The first-order chi connectivity index (χ1) is 9.36. The molecule has 0 saturated carbocycles. The van der Waals surface area contributed by atoms with E-state index in [-0.39, 0.29) is 6.17 Å². The molecule has 20 heavy (non-hydrogen) atoms. The van der Waals surface area contributed by atoms with E-state index in [2.05, 4.69) is 10.4 Å². The second kappa shape index (κ2) is 4.12. The van der Waals surface area contributed by atoms with Crippen LogP contribution in [0.1, 0.15) is 11.3 Å². The Morgan fingerprint density at radius 3 is 2.85 bits per heavy atom. The van der Waals surface area contributed by atoms with Crippen molar-refractivity contribution >= 4 is 21.7 Å². The van der Waals surface area contributed by atoms with Crippen molar-refractivity contribution in [3.63, 3.8) is 0 Å². The molecule has 1 unspecified atom stereocenters. The Bertz CT molecular complexity index is 758. The van der Waals surface area contributed by atoms with Crippen LogP contribution in [0.5, 0.6) is 0 Å². The average molecular weight is 294 g/mol. The maximum absolute atomic E-state index is 11.4. The first kappa shape index (κ1) is 12.8. The smallest absolute Gasteiger partial charge is 0.302 e. The molecule has 106 valence electrons. The molecule has 2 aliphatic rings. The van der Waals surface area contributed by atoms with Gasteiger partial charge in [-0.3, -0.25) is 10.4 Å². The van der Waals surface area contributed by atoms with E-state index in [9.17, 15) is 8.42 Å². The third kappa shape index (κ3) is 1.96. The minimum absolute atomic E-state index is 0.167. The summed E-state index contributed by atoms with van der Waals surface area (Å²) < 4.78 is 23.9. The largest absolute Gasteiger partial charge is 0.368 e. The van der Waals surface area contributed by atoms with Gasteiger partial charge in [-0.1, -0.05) is 6.08 Å². The van der Waals surface area contributed by atoms with E-state index in [4.69, 9.17) is 10.9 Å². The van der Waals surface area contributed by atoms with Crippen LogP contribution in [0.3, 0.4) is 0 Å². The van der Waals surface area contributed by atoms with Crippen molar-refractivity contribution in [3.05, 3.63) is 41.9 Å². The Kier molecular flexibility index (Phi) is 2.63. The normalized spacial score (nSPS) is 21.3. The molecule has 1 aromatic rings. The Morgan fingerprint density at radius 2 is 2.20 bits per heavy atom. The molecule has 8 nitrogen and oxygen atoms in total. The van der Waals surface area contributed by atoms with Gasteiger partial charge in [0.2, 0.25) is 5.96 Å². The van der Waals surface area contributed by atoms with E-state index in [0.29, 0.717) is 11.7 Å². The molecule has 0 spiro atoms. The molecule has 0 radical (unpaired) electrons. The maximum Gasteiger partial charge on any atom is 0.302 e. The van der Waals surface area contributed by atoms with Crippen LogP contribution in [0.25, 0.3) is 5.57 Å². The molecule has 0 amide bonds. The van der Waals surface area contributed by atoms with Gasteiger partial charge in [-0.15, -0.1) is 0 Å². The van der Waals surface area contributed by atoms with Crippen LogP contribution in [-0.2, 0) is 10.2 Å². The highest BCUT2D eigenvalue weighted by Gasteiger charge is 2.24. The van der Waals surface area contributed by atoms with Crippen LogP contribution < -0.4 is 16.3 Å². The number of nitrogens with one attached hydrogen (secondary N) is 1. The molecule has 0 fully saturated rings. The van der Waals surface area contributed by atoms with Crippen molar-refractivity contribution < 1.29 is 8.42 Å². The molecule has 3 heterocycles. The van der Waals surface area contributed by atoms with Gasteiger partial charge in [-0.25, -0.2) is 14.1 Å². The van der Waals surface area contributed by atoms with Gasteiger partial charge in [0.25, 0.3) is 0 Å². The first-order valence-electron chi connectivity index (χ1n) is 5.86. The molecule has 5 N–H and O–H groups in total. The van der Waals surface area contributed by atoms with Gasteiger partial charge in [0.15, 0.2) is 6.17 Å². The predicted molar refractivity (Wildman–Crippen MR) is 75.2 cm³/mol. The zero-order chi connectivity index (χ0) is 14.5. The third-order valence-corrected chi connectivity index (χ3v) is 4.15. The minimum Gasteiger partial charge on any atom is -0.368 e. The van der Waals surface area contributed by atoms with E-state index in [1.807, 2.05) is 18.4 Å². The van der Waals surface area contributed by atoms with E-state index in [1.54, 1.807) is 18.0 Å². The fourth-order valence-corrected chi connectivity index (χ4v) is 3.00. The number of rotatable bonds is 2. The number of hydrazine groups is 1. The molecular formula is C11H14N6O2S. The summed E-state index contributed by atoms with van der Waals surface area (Å²) in [5, 5.41) is 6.89. The number of aromatic nitrogens is 1. The molecule has 0 aromatic carbocycles. The molecule has 0 bridgehead atoms. The summed E-state index contributed by atoms with van der Waals surface area (Å²) in [7, 11) is -3.78. The lowest BCUT2D eigenvalue weighted by molar-refractivity contribution is 0.315. The number of aliphatic imine (C=N–C) groups is 1. The van der Waals surface area contributed by atoms with Crippen LogP contribution >= 0.6 is 0 Å². The highest BCUT2D eigenvalue weighted by atomic mass is 32.2. The molecule has 0 aliphatic carbocycles. The molecule has 0 saturated heterocycles. The molecule has 9 heteroatoms. The monoisotopic (exact) mass is 294 g/mol. The van der Waals surface area contributed by atoms with Crippen molar-refractivity contribution in [2.75, 3.05) is 0 Å². The molecule has 2 aliphatic heterocycles. The first-order valence-corrected chi connectivity index (χ1v) is 7.36. The van der Waals surface area contributed by atoms with Gasteiger partial charge in [0.05, 0.1) is 0 Å². The molecule has 1 aromatic heterocycles. The fourth-order valence-electron chi connectivity index (χ4n) is 2.29. The van der Waals surface area contributed by atoms with Crippen LogP contribution in [0.4, 0.5) is 0 Å². The van der Waals surface area contributed by atoms with E-state index >= 15 is 0 Å². The zero-order valence-corrected chi connectivity index (χ0v) is 11.5. The number of fused-ring (bicyclic) bond motifs is 1. The lowest BCUT2D eigenvalue weighted by atomic mass is 10.1. The number of allylic oxidation sites excluding steroid dienone is 2. The molecular weight excluding hydrogens is 280 g/mol. The van der Waals surface area contributed by atoms with Crippen molar-refractivity contribution in [1.29, 1.82) is 0 Å². The second-order valence-corrected chi connectivity index (χ2v) is 5.97. The maximum atomic E-state index is 11.4. The van der Waals surface area contributed by atoms with Crippen LogP contribution in [0.2, 0.25) is 0 Å². The Labute approximate surface area is 116 Å². The van der Waals surface area contributed by atoms with Crippen molar-refractivity contribution in [2.45, 2.75) is 13.1 Å². The highest BCUT2D eigenvalue weighted by Crippen LogP contribution is 2.27. The highest BCUT2D eigenvalue weighted by molar-refractivity contribution is 7.87. The van der Waals surface area contributed by atoms with E-state index in [1.165, 1.54) is 6.20 Å². The number of hydrogen-bond acceptors (Lipinski definition) is 6. The number of nitrogens with zero attached hydrogens (tertiary/aromatic N) is 3. The lowest BCUT2D eigenvalue weighted by Gasteiger charge is -2.23. The van der Waals surface area contributed by atoms with Gasteiger partial charge in [-0.2, -0.15) is 8.42 Å². The summed E-state index contributed by atoms with van der Waals surface area (Å²) in [4.78, 5) is 4.16. The molecule has 1 atom stereocenters. The fraction of sp³-hybridized carbons (Fsp3) is 0.182. The van der Waals surface area contributed by atoms with Gasteiger partial charge < -0.3 is 5.73 Å². The van der Waals surface area contributed by atoms with Crippen LogP contribution in [-0.4, -0.2) is 29.5 Å². The zero-order valence-electron chi connectivity index (χ0n) is 10.7. The number of nitrogens with two attached hydrogens (primary N) is 2. The minimum atomic E-state index is -3.78. The summed E-state index contributed by atoms with van der Waals surface area (Å²) in [5.41, 5.74) is 10.7. The van der Waals surface area contributed by atoms with Crippen LogP contribution in [0, 0.1) is 6.92 Å². The van der Waals surface area contributed by atoms with Gasteiger partial charge >= 0.3 is 10.2 Å². The quantitative estimate of drug-likeness (QED) is 0.661. The number of guanidine groups is 1. The Balaban J connectivity index is 1.98. The van der Waals surface area contributed by atoms with Crippen molar-refractivity contribution in [1.82, 2.24) is 14.4 Å². The second-order valence-electron chi connectivity index (χ2n) is 4.55. The third-order valence-electron chi connectivity index (χ3n) is 3.21. The van der Waals surface area contributed by atoms with Crippen molar-refractivity contribution in [2.24, 2.45) is 15.9 Å². The van der Waals surface area contributed by atoms with E-state index < -0.39 is 10.2 Å². The van der Waals surface area contributed by atoms with E-state index in [0.717, 1.165) is 15.1 Å².